The van der Waals surface area contributed by atoms with Crippen LogP contribution in [0.25, 0.3) is 0 Å². The SMILES string of the molecule is CCCc1ccc(OCCC(NC2CC2)C(N)=O)cc1. The van der Waals surface area contributed by atoms with Crippen LogP contribution in [0.15, 0.2) is 24.3 Å². The second-order valence-corrected chi connectivity index (χ2v) is 5.43. The van der Waals surface area contributed by atoms with E-state index < -0.39 is 0 Å². The lowest BCUT2D eigenvalue weighted by Crippen LogP contribution is -2.43. The Balaban J connectivity index is 1.74. The fourth-order valence-corrected chi connectivity index (χ4v) is 2.18. The highest BCUT2D eigenvalue weighted by Crippen LogP contribution is 2.20. The third-order valence-corrected chi connectivity index (χ3v) is 3.49. The van der Waals surface area contributed by atoms with Crippen LogP contribution in [-0.2, 0) is 11.2 Å². The van der Waals surface area contributed by atoms with Crippen molar-refractivity contribution in [3.63, 3.8) is 0 Å². The van der Waals surface area contributed by atoms with Gasteiger partial charge in [0.1, 0.15) is 5.75 Å². The molecule has 1 aliphatic rings. The Bertz CT molecular complexity index is 427. The Morgan fingerprint density at radius 1 is 1.40 bits per heavy atom. The van der Waals surface area contributed by atoms with E-state index in [0.717, 1.165) is 31.4 Å². The monoisotopic (exact) mass is 276 g/mol. The summed E-state index contributed by atoms with van der Waals surface area (Å²) in [6.07, 6.45) is 5.14. The van der Waals surface area contributed by atoms with Crippen LogP contribution in [0.3, 0.4) is 0 Å². The minimum Gasteiger partial charge on any atom is -0.494 e. The van der Waals surface area contributed by atoms with Crippen LogP contribution in [0.5, 0.6) is 5.75 Å². The molecule has 1 saturated carbocycles. The highest BCUT2D eigenvalue weighted by Gasteiger charge is 2.26. The van der Waals surface area contributed by atoms with E-state index >= 15 is 0 Å². The summed E-state index contributed by atoms with van der Waals surface area (Å²) < 4.78 is 5.67. The second-order valence-electron chi connectivity index (χ2n) is 5.43. The zero-order valence-corrected chi connectivity index (χ0v) is 12.1. The van der Waals surface area contributed by atoms with Crippen LogP contribution in [0.4, 0.5) is 0 Å². The summed E-state index contributed by atoms with van der Waals surface area (Å²) in [6, 6.07) is 8.35. The highest BCUT2D eigenvalue weighted by molar-refractivity contribution is 5.79. The zero-order valence-electron chi connectivity index (χ0n) is 12.1. The van der Waals surface area contributed by atoms with Gasteiger partial charge in [0.05, 0.1) is 12.6 Å². The first-order valence-electron chi connectivity index (χ1n) is 7.46. The lowest BCUT2D eigenvalue weighted by Gasteiger charge is -2.15. The number of hydrogen-bond donors (Lipinski definition) is 2. The van der Waals surface area contributed by atoms with Crippen molar-refractivity contribution in [3.8, 4) is 5.75 Å². The summed E-state index contributed by atoms with van der Waals surface area (Å²) in [5.41, 5.74) is 6.71. The van der Waals surface area contributed by atoms with Crippen molar-refractivity contribution in [2.45, 2.75) is 51.1 Å². The largest absolute Gasteiger partial charge is 0.494 e. The molecule has 4 heteroatoms. The molecule has 1 unspecified atom stereocenters. The molecule has 0 saturated heterocycles. The van der Waals surface area contributed by atoms with E-state index in [4.69, 9.17) is 10.5 Å². The molecule has 20 heavy (non-hydrogen) atoms. The number of aryl methyl sites for hydroxylation is 1. The molecular formula is C16H24N2O2. The van der Waals surface area contributed by atoms with Gasteiger partial charge in [0, 0.05) is 12.5 Å². The molecule has 0 aliphatic heterocycles. The number of amides is 1. The van der Waals surface area contributed by atoms with Crippen LogP contribution >= 0.6 is 0 Å². The molecule has 110 valence electrons. The topological polar surface area (TPSA) is 64.3 Å². The molecule has 1 aliphatic carbocycles. The molecular weight excluding hydrogens is 252 g/mol. The summed E-state index contributed by atoms with van der Waals surface area (Å²) in [6.45, 7) is 2.67. The predicted octanol–water partition coefficient (Wildman–Crippen LogP) is 2.01. The van der Waals surface area contributed by atoms with Crippen molar-refractivity contribution in [2.24, 2.45) is 5.73 Å². The molecule has 1 aromatic rings. The van der Waals surface area contributed by atoms with E-state index in [1.54, 1.807) is 0 Å². The van der Waals surface area contributed by atoms with Gasteiger partial charge in [0.25, 0.3) is 0 Å². The van der Waals surface area contributed by atoms with Gasteiger partial charge in [0.2, 0.25) is 5.91 Å². The van der Waals surface area contributed by atoms with Gasteiger partial charge in [-0.2, -0.15) is 0 Å². The maximum Gasteiger partial charge on any atom is 0.234 e. The number of hydrogen-bond acceptors (Lipinski definition) is 3. The fraction of sp³-hybridized carbons (Fsp3) is 0.562. The van der Waals surface area contributed by atoms with E-state index in [2.05, 4.69) is 24.4 Å². The van der Waals surface area contributed by atoms with Crippen molar-refractivity contribution in [1.82, 2.24) is 5.32 Å². The summed E-state index contributed by atoms with van der Waals surface area (Å²) in [4.78, 5) is 11.3. The summed E-state index contributed by atoms with van der Waals surface area (Å²) >= 11 is 0. The van der Waals surface area contributed by atoms with Crippen LogP contribution < -0.4 is 15.8 Å². The lowest BCUT2D eigenvalue weighted by atomic mass is 10.1. The van der Waals surface area contributed by atoms with Crippen molar-refractivity contribution < 1.29 is 9.53 Å². The molecule has 1 amide bonds. The average Bonchev–Trinajstić information content (AvgIpc) is 3.24. The van der Waals surface area contributed by atoms with Crippen molar-refractivity contribution in [3.05, 3.63) is 29.8 Å². The number of benzene rings is 1. The van der Waals surface area contributed by atoms with Gasteiger partial charge in [0.15, 0.2) is 0 Å². The Hall–Kier alpha value is -1.55. The van der Waals surface area contributed by atoms with E-state index in [9.17, 15) is 4.79 Å². The van der Waals surface area contributed by atoms with Gasteiger partial charge in [-0.25, -0.2) is 0 Å². The number of nitrogens with one attached hydrogen (secondary N) is 1. The third-order valence-electron chi connectivity index (χ3n) is 3.49. The first-order valence-corrected chi connectivity index (χ1v) is 7.46. The molecule has 0 spiro atoms. The van der Waals surface area contributed by atoms with Gasteiger partial charge < -0.3 is 15.8 Å². The smallest absolute Gasteiger partial charge is 0.234 e. The van der Waals surface area contributed by atoms with Gasteiger partial charge in [-0.3, -0.25) is 4.79 Å². The maximum absolute atomic E-state index is 11.3. The second kappa shape index (κ2) is 7.29. The van der Waals surface area contributed by atoms with Crippen LogP contribution in [-0.4, -0.2) is 24.6 Å². The van der Waals surface area contributed by atoms with E-state index in [1.807, 2.05) is 12.1 Å². The summed E-state index contributed by atoms with van der Waals surface area (Å²) in [5.74, 6) is 0.554. The van der Waals surface area contributed by atoms with Gasteiger partial charge in [-0.05, 0) is 37.0 Å². The highest BCUT2D eigenvalue weighted by atomic mass is 16.5. The first kappa shape index (κ1) is 14.9. The number of rotatable bonds is 9. The molecule has 0 bridgehead atoms. The fourth-order valence-electron chi connectivity index (χ4n) is 2.18. The van der Waals surface area contributed by atoms with E-state index in [-0.39, 0.29) is 11.9 Å². The molecule has 3 N–H and O–H groups in total. The average molecular weight is 276 g/mol. The Morgan fingerprint density at radius 2 is 2.10 bits per heavy atom. The molecule has 1 aromatic carbocycles. The molecule has 0 aromatic heterocycles. The van der Waals surface area contributed by atoms with Gasteiger partial charge in [-0.1, -0.05) is 25.5 Å². The lowest BCUT2D eigenvalue weighted by molar-refractivity contribution is -0.120. The third kappa shape index (κ3) is 4.85. The Morgan fingerprint density at radius 3 is 2.65 bits per heavy atom. The number of carbonyl (C=O) groups is 1. The van der Waals surface area contributed by atoms with Crippen LogP contribution in [0.2, 0.25) is 0 Å². The molecule has 1 fully saturated rings. The number of nitrogens with two attached hydrogens (primary N) is 1. The molecule has 0 heterocycles. The van der Waals surface area contributed by atoms with E-state index in [0.29, 0.717) is 19.1 Å². The van der Waals surface area contributed by atoms with Crippen LogP contribution in [0, 0.1) is 0 Å². The molecule has 4 nitrogen and oxygen atoms in total. The normalized spacial score (nSPS) is 15.8. The quantitative estimate of drug-likeness (QED) is 0.725. The first-order chi connectivity index (χ1) is 9.69. The van der Waals surface area contributed by atoms with Gasteiger partial charge in [-0.15, -0.1) is 0 Å². The number of ether oxygens (including phenoxy) is 1. The zero-order chi connectivity index (χ0) is 14.4. The van der Waals surface area contributed by atoms with E-state index in [1.165, 1.54) is 5.56 Å². The number of carbonyl (C=O) groups excluding carboxylic acids is 1. The minimum atomic E-state index is -0.293. The van der Waals surface area contributed by atoms with Gasteiger partial charge >= 0.3 is 0 Å². The summed E-state index contributed by atoms with van der Waals surface area (Å²) in [7, 11) is 0. The Kier molecular flexibility index (Phi) is 5.41. The number of primary amides is 1. The predicted molar refractivity (Wildman–Crippen MR) is 79.7 cm³/mol. The standard InChI is InChI=1S/C16H24N2O2/c1-2-3-12-4-8-14(9-5-12)20-11-10-15(16(17)19)18-13-6-7-13/h4-5,8-9,13,15,18H,2-3,6-7,10-11H2,1H3,(H2,17,19). The van der Waals surface area contributed by atoms with Crippen LogP contribution in [0.1, 0.15) is 38.2 Å². The Labute approximate surface area is 120 Å². The molecule has 0 radical (unpaired) electrons. The summed E-state index contributed by atoms with van der Waals surface area (Å²) in [5, 5.41) is 3.25. The molecule has 1 atom stereocenters. The van der Waals surface area contributed by atoms with Crippen molar-refractivity contribution in [2.75, 3.05) is 6.61 Å². The maximum atomic E-state index is 11.3. The van der Waals surface area contributed by atoms with Crippen molar-refractivity contribution in [1.29, 1.82) is 0 Å². The molecule has 2 rings (SSSR count). The van der Waals surface area contributed by atoms with Crippen molar-refractivity contribution >= 4 is 5.91 Å². The minimum absolute atomic E-state index is 0.276.